The minimum Gasteiger partial charge on any atom is -0.313 e. The van der Waals surface area contributed by atoms with Crippen molar-refractivity contribution in [3.63, 3.8) is 0 Å². The van der Waals surface area contributed by atoms with E-state index in [2.05, 4.69) is 258 Å². The third-order valence-electron chi connectivity index (χ3n) is 14.4. The zero-order valence-electron chi connectivity index (χ0n) is 37.8. The summed E-state index contributed by atoms with van der Waals surface area (Å²) in [4.78, 5) is 0. The molecule has 0 fully saturated rings. The minimum absolute atomic E-state index is 0.232. The molecule has 11 aromatic rings. The lowest BCUT2D eigenvalue weighted by molar-refractivity contribution is 0.855. The van der Waals surface area contributed by atoms with Crippen LogP contribution in [-0.4, -0.2) is 9.13 Å². The Morgan fingerprint density at radius 3 is 1.50 bits per heavy atom. The van der Waals surface area contributed by atoms with Crippen molar-refractivity contribution in [3.8, 4) is 44.8 Å². The Labute approximate surface area is 397 Å². The van der Waals surface area contributed by atoms with Gasteiger partial charge in [0.25, 0.3) is 0 Å². The van der Waals surface area contributed by atoms with Gasteiger partial charge in [0.1, 0.15) is 0 Å². The SMILES string of the molecule is C1=Cc2c(n(-c3ccc(C4C=C(c5ccc(-n6c7ccccc7c7ccccc76)cc5)C(c5cccc(-c6ccc(-c7ccc(-c8ccccc8)cc7)cc6)c5)=CC4)cc3)c3ccccc23)CC1. The number of benzene rings is 9. The van der Waals surface area contributed by atoms with Crippen molar-refractivity contribution in [2.24, 2.45) is 0 Å². The highest BCUT2D eigenvalue weighted by Gasteiger charge is 2.23. The maximum absolute atomic E-state index is 2.53. The predicted octanol–water partition coefficient (Wildman–Crippen LogP) is 17.3. The molecule has 2 aromatic heterocycles. The van der Waals surface area contributed by atoms with Crippen LogP contribution in [-0.2, 0) is 6.42 Å². The van der Waals surface area contributed by atoms with Gasteiger partial charge in [-0.25, -0.2) is 0 Å². The van der Waals surface area contributed by atoms with E-state index in [-0.39, 0.29) is 5.92 Å². The Kier molecular flexibility index (Phi) is 9.83. The molecule has 1 atom stereocenters. The third-order valence-corrected chi connectivity index (χ3v) is 14.4. The number of fused-ring (bicyclic) bond motifs is 6. The van der Waals surface area contributed by atoms with Crippen molar-refractivity contribution in [2.75, 3.05) is 0 Å². The number of rotatable bonds is 8. The summed E-state index contributed by atoms with van der Waals surface area (Å²) >= 11 is 0. The standard InChI is InChI=1S/C66H48N2/c1-2-13-45(14-3-1)46-25-27-47(28-26-46)48-29-31-49(32-30-48)52-15-12-16-54(43-52)57-42-37-53(50-33-38-55(39-34-50)67-63-21-8-4-17-58(63)59-18-5-9-22-64(59)67)44-62(57)51-35-40-56(41-36-51)68-65-23-10-6-19-60(65)61-20-7-11-24-66(61)68/h1-8,10-21,23-36,38-44,53H,9,22,37H2. The average Bonchev–Trinajstić information content (AvgIpc) is 3.94. The first kappa shape index (κ1) is 39.9. The van der Waals surface area contributed by atoms with E-state index in [1.165, 1.54) is 111 Å². The number of nitrogens with zero attached hydrogens (tertiary/aromatic N) is 2. The summed E-state index contributed by atoms with van der Waals surface area (Å²) in [6.45, 7) is 0. The van der Waals surface area contributed by atoms with Crippen molar-refractivity contribution in [2.45, 2.75) is 25.2 Å². The van der Waals surface area contributed by atoms with Crippen LogP contribution in [0.1, 0.15) is 46.7 Å². The van der Waals surface area contributed by atoms with E-state index in [4.69, 9.17) is 0 Å². The van der Waals surface area contributed by atoms with E-state index in [1.807, 2.05) is 0 Å². The van der Waals surface area contributed by atoms with Crippen molar-refractivity contribution in [1.29, 1.82) is 0 Å². The monoisotopic (exact) mass is 868 g/mol. The van der Waals surface area contributed by atoms with E-state index in [0.717, 1.165) is 24.9 Å². The van der Waals surface area contributed by atoms with Gasteiger partial charge >= 0.3 is 0 Å². The highest BCUT2D eigenvalue weighted by atomic mass is 15.0. The number of aromatic nitrogens is 2. The summed E-state index contributed by atoms with van der Waals surface area (Å²) in [7, 11) is 0. The Morgan fingerprint density at radius 1 is 0.368 bits per heavy atom. The van der Waals surface area contributed by atoms with Crippen LogP contribution in [0, 0.1) is 0 Å². The minimum atomic E-state index is 0.232. The second-order valence-corrected chi connectivity index (χ2v) is 18.3. The molecule has 0 amide bonds. The Morgan fingerprint density at radius 2 is 0.853 bits per heavy atom. The topological polar surface area (TPSA) is 9.86 Å². The van der Waals surface area contributed by atoms with Gasteiger partial charge in [0.05, 0.1) is 16.6 Å². The van der Waals surface area contributed by atoms with Crippen LogP contribution in [0.25, 0.3) is 94.7 Å². The Balaban J connectivity index is 0.850. The van der Waals surface area contributed by atoms with Crippen LogP contribution in [0.2, 0.25) is 0 Å². The molecule has 0 spiro atoms. The fourth-order valence-electron chi connectivity index (χ4n) is 11.0. The van der Waals surface area contributed by atoms with Crippen LogP contribution in [0.3, 0.4) is 0 Å². The van der Waals surface area contributed by atoms with Crippen molar-refractivity contribution in [3.05, 3.63) is 271 Å². The molecule has 9 aromatic carbocycles. The van der Waals surface area contributed by atoms with Crippen molar-refractivity contribution < 1.29 is 0 Å². The summed E-state index contributed by atoms with van der Waals surface area (Å²) in [5.41, 5.74) is 22.5. The molecule has 2 heteroatoms. The lowest BCUT2D eigenvalue weighted by Gasteiger charge is -2.24. The predicted molar refractivity (Wildman–Crippen MR) is 287 cm³/mol. The summed E-state index contributed by atoms with van der Waals surface area (Å²) in [6, 6.07) is 82.6. The largest absolute Gasteiger partial charge is 0.313 e. The first-order valence-electron chi connectivity index (χ1n) is 24.0. The second kappa shape index (κ2) is 16.8. The van der Waals surface area contributed by atoms with Gasteiger partial charge in [0.15, 0.2) is 0 Å². The van der Waals surface area contributed by atoms with Gasteiger partial charge in [-0.15, -0.1) is 0 Å². The van der Waals surface area contributed by atoms with E-state index >= 15 is 0 Å². The second-order valence-electron chi connectivity index (χ2n) is 18.3. The Bertz CT molecular complexity index is 3710. The molecular formula is C66H48N2. The summed E-state index contributed by atoms with van der Waals surface area (Å²) in [6.07, 6.45) is 12.7. The molecule has 68 heavy (non-hydrogen) atoms. The number of hydrogen-bond donors (Lipinski definition) is 0. The first-order valence-corrected chi connectivity index (χ1v) is 24.0. The number of para-hydroxylation sites is 3. The highest BCUT2D eigenvalue weighted by molar-refractivity contribution is 6.10. The molecule has 2 aliphatic carbocycles. The van der Waals surface area contributed by atoms with E-state index in [1.54, 1.807) is 0 Å². The molecule has 0 saturated heterocycles. The summed E-state index contributed by atoms with van der Waals surface area (Å²) < 4.78 is 4.89. The fourth-order valence-corrected chi connectivity index (χ4v) is 11.0. The molecule has 2 heterocycles. The van der Waals surface area contributed by atoms with Crippen LogP contribution in [0.4, 0.5) is 0 Å². The molecule has 2 aliphatic rings. The maximum Gasteiger partial charge on any atom is 0.0541 e. The third kappa shape index (κ3) is 6.96. The van der Waals surface area contributed by atoms with Crippen LogP contribution >= 0.6 is 0 Å². The molecule has 13 rings (SSSR count). The zero-order valence-corrected chi connectivity index (χ0v) is 37.8. The smallest absolute Gasteiger partial charge is 0.0541 e. The zero-order chi connectivity index (χ0) is 45.0. The van der Waals surface area contributed by atoms with Gasteiger partial charge in [-0.2, -0.15) is 0 Å². The van der Waals surface area contributed by atoms with Crippen LogP contribution in [0.5, 0.6) is 0 Å². The number of allylic oxidation sites excluding steroid dienone is 5. The normalized spacial score (nSPS) is 14.6. The van der Waals surface area contributed by atoms with Gasteiger partial charge in [0, 0.05) is 44.7 Å². The molecular weight excluding hydrogens is 821 g/mol. The first-order chi connectivity index (χ1) is 33.7. The van der Waals surface area contributed by atoms with Crippen molar-refractivity contribution in [1.82, 2.24) is 9.13 Å². The summed E-state index contributed by atoms with van der Waals surface area (Å²) in [5.74, 6) is 0.232. The van der Waals surface area contributed by atoms with Crippen LogP contribution < -0.4 is 0 Å². The van der Waals surface area contributed by atoms with Gasteiger partial charge in [-0.3, -0.25) is 0 Å². The molecule has 0 radical (unpaired) electrons. The highest BCUT2D eigenvalue weighted by Crippen LogP contribution is 2.43. The molecule has 0 saturated carbocycles. The van der Waals surface area contributed by atoms with Gasteiger partial charge < -0.3 is 9.13 Å². The van der Waals surface area contributed by atoms with Gasteiger partial charge in [-0.1, -0.05) is 200 Å². The average molecular weight is 869 g/mol. The lowest BCUT2D eigenvalue weighted by atomic mass is 9.80. The van der Waals surface area contributed by atoms with Crippen LogP contribution in [0.15, 0.2) is 243 Å². The Hall–Kier alpha value is -8.46. The fraction of sp³-hybridized carbons (Fsp3) is 0.0606. The maximum atomic E-state index is 2.53. The van der Waals surface area contributed by atoms with E-state index in [0.29, 0.717) is 0 Å². The number of hydrogen-bond acceptors (Lipinski definition) is 0. The van der Waals surface area contributed by atoms with E-state index in [9.17, 15) is 0 Å². The molecule has 0 aliphatic heterocycles. The van der Waals surface area contributed by atoms with E-state index < -0.39 is 0 Å². The van der Waals surface area contributed by atoms with Gasteiger partial charge in [0.2, 0.25) is 0 Å². The van der Waals surface area contributed by atoms with Gasteiger partial charge in [-0.05, 0) is 129 Å². The summed E-state index contributed by atoms with van der Waals surface area (Å²) in [5, 5.41) is 3.88. The molecule has 2 nitrogen and oxygen atoms in total. The van der Waals surface area contributed by atoms with Crippen molar-refractivity contribution >= 4 is 49.9 Å². The lowest BCUT2D eigenvalue weighted by Crippen LogP contribution is -2.05. The molecule has 0 N–H and O–H groups in total. The molecule has 0 bridgehead atoms. The molecule has 1 unspecified atom stereocenters. The quantitative estimate of drug-likeness (QED) is 0.144. The molecule has 322 valence electrons.